The number of aromatic nitrogens is 3. The first-order chi connectivity index (χ1) is 11.1. The lowest BCUT2D eigenvalue weighted by atomic mass is 10.1. The van der Waals surface area contributed by atoms with Gasteiger partial charge in [-0.2, -0.15) is 0 Å². The van der Waals surface area contributed by atoms with E-state index in [1.807, 2.05) is 0 Å². The van der Waals surface area contributed by atoms with Gasteiger partial charge in [0.1, 0.15) is 17.8 Å². The fourth-order valence-corrected chi connectivity index (χ4v) is 2.45. The van der Waals surface area contributed by atoms with Crippen molar-refractivity contribution in [3.63, 3.8) is 0 Å². The SMILES string of the molecule is COc1ccc(C(=O)Cn2nnc3ccccc3c2=O)cc1Cl. The number of nitrogens with zero attached hydrogens (tertiary/aromatic N) is 3. The molecule has 0 aliphatic heterocycles. The van der Waals surface area contributed by atoms with Crippen molar-refractivity contribution in [1.82, 2.24) is 15.0 Å². The number of halogens is 1. The topological polar surface area (TPSA) is 74.1 Å². The van der Waals surface area contributed by atoms with Crippen LogP contribution in [0.25, 0.3) is 10.9 Å². The van der Waals surface area contributed by atoms with E-state index < -0.39 is 0 Å². The lowest BCUT2D eigenvalue weighted by Crippen LogP contribution is -2.27. The van der Waals surface area contributed by atoms with Gasteiger partial charge < -0.3 is 4.74 Å². The molecule has 2 aromatic carbocycles. The van der Waals surface area contributed by atoms with Gasteiger partial charge in [-0.3, -0.25) is 9.59 Å². The van der Waals surface area contributed by atoms with Gasteiger partial charge in [0, 0.05) is 5.56 Å². The standard InChI is InChI=1S/C16H12ClN3O3/c1-23-15-7-6-10(8-12(15)17)14(21)9-20-16(22)11-4-2-3-5-13(11)18-19-20/h2-8H,9H2,1H3. The van der Waals surface area contributed by atoms with Gasteiger partial charge in [0.15, 0.2) is 5.78 Å². The molecule has 23 heavy (non-hydrogen) atoms. The molecule has 1 aromatic heterocycles. The van der Waals surface area contributed by atoms with Gasteiger partial charge in [-0.05, 0) is 30.3 Å². The molecule has 0 saturated heterocycles. The molecule has 3 aromatic rings. The Kier molecular flexibility index (Phi) is 4.08. The zero-order valence-corrected chi connectivity index (χ0v) is 12.9. The zero-order valence-electron chi connectivity index (χ0n) is 12.2. The van der Waals surface area contributed by atoms with Gasteiger partial charge in [-0.15, -0.1) is 5.10 Å². The molecular weight excluding hydrogens is 318 g/mol. The molecule has 0 atom stereocenters. The van der Waals surface area contributed by atoms with E-state index in [-0.39, 0.29) is 17.9 Å². The maximum absolute atomic E-state index is 12.3. The number of fused-ring (bicyclic) bond motifs is 1. The first-order valence-corrected chi connectivity index (χ1v) is 7.17. The van der Waals surface area contributed by atoms with Crippen LogP contribution in [0.1, 0.15) is 10.4 Å². The molecule has 0 aliphatic carbocycles. The Morgan fingerprint density at radius 1 is 1.26 bits per heavy atom. The molecule has 0 spiro atoms. The number of Topliss-reactive ketones (excluding diaryl/α,β-unsaturated/α-hetero) is 1. The second-order valence-electron chi connectivity index (χ2n) is 4.84. The number of rotatable bonds is 4. The summed E-state index contributed by atoms with van der Waals surface area (Å²) >= 11 is 6.01. The Bertz CT molecular complexity index is 953. The lowest BCUT2D eigenvalue weighted by molar-refractivity contribution is 0.0964. The molecule has 0 aliphatic rings. The van der Waals surface area contributed by atoms with Crippen LogP contribution in [-0.4, -0.2) is 27.9 Å². The van der Waals surface area contributed by atoms with Crippen LogP contribution >= 0.6 is 11.6 Å². The molecular formula is C16H12ClN3O3. The van der Waals surface area contributed by atoms with Gasteiger partial charge in [0.2, 0.25) is 0 Å². The highest BCUT2D eigenvalue weighted by molar-refractivity contribution is 6.32. The van der Waals surface area contributed by atoms with Crippen molar-refractivity contribution in [1.29, 1.82) is 0 Å². The molecule has 0 unspecified atom stereocenters. The minimum atomic E-state index is -0.358. The van der Waals surface area contributed by atoms with E-state index in [0.29, 0.717) is 27.2 Å². The highest BCUT2D eigenvalue weighted by Gasteiger charge is 2.13. The summed E-state index contributed by atoms with van der Waals surface area (Å²) in [5.41, 5.74) is 0.509. The van der Waals surface area contributed by atoms with Crippen LogP contribution in [-0.2, 0) is 6.54 Å². The van der Waals surface area contributed by atoms with Gasteiger partial charge in [0.25, 0.3) is 5.56 Å². The summed E-state index contributed by atoms with van der Waals surface area (Å²) in [5.74, 6) is 0.187. The smallest absolute Gasteiger partial charge is 0.278 e. The van der Waals surface area contributed by atoms with Crippen molar-refractivity contribution < 1.29 is 9.53 Å². The Morgan fingerprint density at radius 2 is 2.04 bits per heavy atom. The normalized spacial score (nSPS) is 10.7. The molecule has 0 saturated carbocycles. The number of hydrogen-bond acceptors (Lipinski definition) is 5. The van der Waals surface area contributed by atoms with Crippen molar-refractivity contribution in [2.75, 3.05) is 7.11 Å². The minimum absolute atomic E-state index is 0.209. The summed E-state index contributed by atoms with van der Waals surface area (Å²) in [7, 11) is 1.49. The quantitative estimate of drug-likeness (QED) is 0.687. The fraction of sp³-hybridized carbons (Fsp3) is 0.125. The number of ether oxygens (including phenoxy) is 1. The Balaban J connectivity index is 1.93. The summed E-state index contributed by atoms with van der Waals surface area (Å²) in [4.78, 5) is 24.7. The van der Waals surface area contributed by atoms with Crippen molar-refractivity contribution in [2.45, 2.75) is 6.54 Å². The van der Waals surface area contributed by atoms with E-state index in [4.69, 9.17) is 16.3 Å². The molecule has 7 heteroatoms. The number of ketones is 1. The summed E-state index contributed by atoms with van der Waals surface area (Å²) in [6.07, 6.45) is 0. The van der Waals surface area contributed by atoms with Crippen LogP contribution in [0.5, 0.6) is 5.75 Å². The molecule has 6 nitrogen and oxygen atoms in total. The fourth-order valence-electron chi connectivity index (χ4n) is 2.19. The second kappa shape index (κ2) is 6.18. The van der Waals surface area contributed by atoms with E-state index in [1.54, 1.807) is 36.4 Å². The summed E-state index contributed by atoms with van der Waals surface area (Å²) in [5, 5.41) is 8.50. The Morgan fingerprint density at radius 3 is 2.78 bits per heavy atom. The van der Waals surface area contributed by atoms with Crippen molar-refractivity contribution in [3.8, 4) is 5.75 Å². The van der Waals surface area contributed by atoms with Crippen LogP contribution < -0.4 is 10.3 Å². The second-order valence-corrected chi connectivity index (χ2v) is 5.25. The maximum Gasteiger partial charge on any atom is 0.278 e. The molecule has 1 heterocycles. The molecule has 116 valence electrons. The first kappa shape index (κ1) is 15.2. The number of benzene rings is 2. The van der Waals surface area contributed by atoms with Crippen LogP contribution in [0.15, 0.2) is 47.3 Å². The predicted octanol–water partition coefficient (Wildman–Crippen LogP) is 2.34. The third-order valence-corrected chi connectivity index (χ3v) is 3.69. The molecule has 0 amide bonds. The average Bonchev–Trinajstić information content (AvgIpc) is 2.57. The molecule has 3 rings (SSSR count). The third-order valence-electron chi connectivity index (χ3n) is 3.40. The van der Waals surface area contributed by atoms with E-state index in [1.165, 1.54) is 13.2 Å². The average molecular weight is 330 g/mol. The highest BCUT2D eigenvalue weighted by atomic mass is 35.5. The van der Waals surface area contributed by atoms with Crippen molar-refractivity contribution in [2.24, 2.45) is 0 Å². The molecule has 0 bridgehead atoms. The summed E-state index contributed by atoms with van der Waals surface area (Å²) < 4.78 is 6.09. The van der Waals surface area contributed by atoms with Crippen molar-refractivity contribution >= 4 is 28.3 Å². The highest BCUT2D eigenvalue weighted by Crippen LogP contribution is 2.25. The van der Waals surface area contributed by atoms with E-state index in [0.717, 1.165) is 4.68 Å². The van der Waals surface area contributed by atoms with Crippen LogP contribution in [0.4, 0.5) is 0 Å². The predicted molar refractivity (Wildman–Crippen MR) is 86.1 cm³/mol. The van der Waals surface area contributed by atoms with Gasteiger partial charge >= 0.3 is 0 Å². The first-order valence-electron chi connectivity index (χ1n) is 6.79. The number of hydrogen-bond donors (Lipinski definition) is 0. The van der Waals surface area contributed by atoms with Crippen molar-refractivity contribution in [3.05, 3.63) is 63.4 Å². The summed E-state index contributed by atoms with van der Waals surface area (Å²) in [6, 6.07) is 11.5. The number of carbonyl (C=O) groups is 1. The third kappa shape index (κ3) is 2.93. The van der Waals surface area contributed by atoms with Crippen LogP contribution in [0, 0.1) is 0 Å². The molecule has 0 radical (unpaired) electrons. The minimum Gasteiger partial charge on any atom is -0.495 e. The van der Waals surface area contributed by atoms with Crippen LogP contribution in [0.2, 0.25) is 5.02 Å². The molecule has 0 fully saturated rings. The number of methoxy groups -OCH3 is 1. The van der Waals surface area contributed by atoms with E-state index >= 15 is 0 Å². The number of carbonyl (C=O) groups excluding carboxylic acids is 1. The van der Waals surface area contributed by atoms with Gasteiger partial charge in [0.05, 0.1) is 17.5 Å². The van der Waals surface area contributed by atoms with Gasteiger partial charge in [-0.1, -0.05) is 28.9 Å². The molecule has 0 N–H and O–H groups in total. The van der Waals surface area contributed by atoms with Gasteiger partial charge in [-0.25, -0.2) is 4.68 Å². The zero-order chi connectivity index (χ0) is 16.4. The Hall–Kier alpha value is -2.73. The maximum atomic E-state index is 12.3. The van der Waals surface area contributed by atoms with E-state index in [2.05, 4.69) is 10.3 Å². The largest absolute Gasteiger partial charge is 0.495 e. The van der Waals surface area contributed by atoms with E-state index in [9.17, 15) is 9.59 Å². The summed E-state index contributed by atoms with van der Waals surface area (Å²) in [6.45, 7) is -0.209. The Labute approximate surface area is 136 Å². The monoisotopic (exact) mass is 329 g/mol. The lowest BCUT2D eigenvalue weighted by Gasteiger charge is -2.07. The van der Waals surface area contributed by atoms with Crippen LogP contribution in [0.3, 0.4) is 0 Å².